The first kappa shape index (κ1) is 23.1. The van der Waals surface area contributed by atoms with Crippen LogP contribution in [0.25, 0.3) is 0 Å². The quantitative estimate of drug-likeness (QED) is 0.467. The van der Waals surface area contributed by atoms with Gasteiger partial charge in [-0.05, 0) is 36.4 Å². The molecule has 3 aromatic rings. The average molecular weight is 458 g/mol. The van der Waals surface area contributed by atoms with Crippen LogP contribution >= 0.6 is 11.8 Å². The van der Waals surface area contributed by atoms with Gasteiger partial charge in [-0.3, -0.25) is 9.59 Å². The Kier molecular flexibility index (Phi) is 7.67. The van der Waals surface area contributed by atoms with Crippen LogP contribution < -0.4 is 20.1 Å². The van der Waals surface area contributed by atoms with Crippen molar-refractivity contribution in [2.75, 3.05) is 30.6 Å². The van der Waals surface area contributed by atoms with E-state index >= 15 is 0 Å². The molecule has 0 unspecified atom stereocenters. The van der Waals surface area contributed by atoms with Gasteiger partial charge in [0.2, 0.25) is 5.91 Å². The van der Waals surface area contributed by atoms with Crippen LogP contribution in [0.3, 0.4) is 0 Å². The number of hydrogen-bond acceptors (Lipinski definition) is 5. The lowest BCUT2D eigenvalue weighted by molar-refractivity contribution is -0.113. The van der Waals surface area contributed by atoms with E-state index in [0.717, 1.165) is 30.0 Å². The van der Waals surface area contributed by atoms with Gasteiger partial charge in [-0.25, -0.2) is 8.78 Å². The number of anilines is 2. The smallest absolute Gasteiger partial charge is 0.256 e. The van der Waals surface area contributed by atoms with Crippen LogP contribution in [-0.2, 0) is 4.79 Å². The van der Waals surface area contributed by atoms with Crippen molar-refractivity contribution in [3.05, 3.63) is 77.9 Å². The highest BCUT2D eigenvalue weighted by atomic mass is 32.2. The molecule has 0 spiro atoms. The van der Waals surface area contributed by atoms with E-state index in [4.69, 9.17) is 9.47 Å². The van der Waals surface area contributed by atoms with Crippen LogP contribution in [0.1, 0.15) is 10.4 Å². The summed E-state index contributed by atoms with van der Waals surface area (Å²) in [7, 11) is 3.01. The maximum atomic E-state index is 13.9. The Balaban J connectivity index is 1.66. The standard InChI is InChI=1S/C23H20F2N2O4S/c1-30-19-10-8-15(12-20(19)31-2)26-22(28)13-32-21-6-4-3-5-16(21)23(29)27-18-11-14(24)7-9-17(18)25/h3-12H,13H2,1-2H3,(H,26,28)(H,27,29). The number of thioether (sulfide) groups is 1. The first-order valence-corrected chi connectivity index (χ1v) is 10.4. The first-order chi connectivity index (χ1) is 15.4. The lowest BCUT2D eigenvalue weighted by Gasteiger charge is -2.12. The number of rotatable bonds is 8. The van der Waals surface area contributed by atoms with Crippen LogP contribution in [0.5, 0.6) is 11.5 Å². The summed E-state index contributed by atoms with van der Waals surface area (Å²) in [5.74, 6) is -1.30. The van der Waals surface area contributed by atoms with Gasteiger partial charge in [0.1, 0.15) is 11.6 Å². The van der Waals surface area contributed by atoms with Gasteiger partial charge < -0.3 is 20.1 Å². The molecule has 0 aliphatic carbocycles. The minimum absolute atomic E-state index is 0.0208. The number of benzene rings is 3. The van der Waals surface area contributed by atoms with Gasteiger partial charge in [0.25, 0.3) is 5.91 Å². The number of hydrogen-bond donors (Lipinski definition) is 2. The van der Waals surface area contributed by atoms with E-state index in [1.165, 1.54) is 14.2 Å². The molecule has 32 heavy (non-hydrogen) atoms. The molecule has 0 aliphatic heterocycles. The van der Waals surface area contributed by atoms with Crippen LogP contribution in [0.15, 0.2) is 65.6 Å². The zero-order valence-corrected chi connectivity index (χ0v) is 18.1. The van der Waals surface area contributed by atoms with E-state index in [1.54, 1.807) is 42.5 Å². The van der Waals surface area contributed by atoms with E-state index in [9.17, 15) is 18.4 Å². The molecular weight excluding hydrogens is 438 g/mol. The molecule has 0 radical (unpaired) electrons. The SMILES string of the molecule is COc1ccc(NC(=O)CSc2ccccc2C(=O)Nc2cc(F)ccc2F)cc1OC. The number of halogens is 2. The van der Waals surface area contributed by atoms with Crippen molar-refractivity contribution >= 4 is 35.0 Å². The second-order valence-corrected chi connectivity index (χ2v) is 7.50. The number of ether oxygens (including phenoxy) is 2. The molecule has 3 rings (SSSR count). The Morgan fingerprint density at radius 1 is 0.906 bits per heavy atom. The van der Waals surface area contributed by atoms with Crippen molar-refractivity contribution in [2.45, 2.75) is 4.90 Å². The lowest BCUT2D eigenvalue weighted by atomic mass is 10.2. The van der Waals surface area contributed by atoms with Gasteiger partial charge in [0, 0.05) is 22.7 Å². The van der Waals surface area contributed by atoms with Gasteiger partial charge in [-0.2, -0.15) is 0 Å². The van der Waals surface area contributed by atoms with E-state index in [1.807, 2.05) is 0 Å². The third kappa shape index (κ3) is 5.76. The van der Waals surface area contributed by atoms with Crippen LogP contribution in [0, 0.1) is 11.6 Å². The monoisotopic (exact) mass is 458 g/mol. The van der Waals surface area contributed by atoms with E-state index in [2.05, 4.69) is 10.6 Å². The molecule has 0 atom stereocenters. The molecule has 0 saturated carbocycles. The Morgan fingerprint density at radius 3 is 2.41 bits per heavy atom. The molecule has 3 aromatic carbocycles. The third-order valence-corrected chi connectivity index (χ3v) is 5.41. The Bertz CT molecular complexity index is 1140. The van der Waals surface area contributed by atoms with Gasteiger partial charge in [-0.15, -0.1) is 11.8 Å². The van der Waals surface area contributed by atoms with Crippen molar-refractivity contribution in [3.8, 4) is 11.5 Å². The summed E-state index contributed by atoms with van der Waals surface area (Å²) >= 11 is 1.14. The predicted octanol–water partition coefficient (Wildman–Crippen LogP) is 4.97. The molecule has 0 bridgehead atoms. The Morgan fingerprint density at radius 2 is 1.66 bits per heavy atom. The number of nitrogens with one attached hydrogen (secondary N) is 2. The summed E-state index contributed by atoms with van der Waals surface area (Å²) in [6, 6.07) is 14.4. The highest BCUT2D eigenvalue weighted by molar-refractivity contribution is 8.00. The van der Waals surface area contributed by atoms with Gasteiger partial charge in [-0.1, -0.05) is 12.1 Å². The summed E-state index contributed by atoms with van der Waals surface area (Å²) in [6.45, 7) is 0. The van der Waals surface area contributed by atoms with Crippen molar-refractivity contribution < 1.29 is 27.8 Å². The highest BCUT2D eigenvalue weighted by Gasteiger charge is 2.15. The topological polar surface area (TPSA) is 76.7 Å². The number of amides is 2. The summed E-state index contributed by atoms with van der Waals surface area (Å²) in [5, 5.41) is 5.12. The maximum Gasteiger partial charge on any atom is 0.256 e. The molecule has 0 aliphatic rings. The Labute approximate surface area is 187 Å². The Hall–Kier alpha value is -3.59. The van der Waals surface area contributed by atoms with Gasteiger partial charge >= 0.3 is 0 Å². The minimum atomic E-state index is -0.751. The molecule has 0 fully saturated rings. The fraction of sp³-hybridized carbons (Fsp3) is 0.130. The largest absolute Gasteiger partial charge is 0.493 e. The molecule has 166 valence electrons. The molecule has 0 aromatic heterocycles. The second kappa shape index (κ2) is 10.6. The highest BCUT2D eigenvalue weighted by Crippen LogP contribution is 2.30. The lowest BCUT2D eigenvalue weighted by Crippen LogP contribution is -2.16. The maximum absolute atomic E-state index is 13.9. The van der Waals surface area contributed by atoms with E-state index in [0.29, 0.717) is 22.1 Å². The number of methoxy groups -OCH3 is 2. The van der Waals surface area contributed by atoms with E-state index < -0.39 is 17.5 Å². The zero-order valence-electron chi connectivity index (χ0n) is 17.3. The summed E-state index contributed by atoms with van der Waals surface area (Å²) in [5.41, 5.74) is 0.502. The van der Waals surface area contributed by atoms with Crippen LogP contribution in [0.2, 0.25) is 0 Å². The predicted molar refractivity (Wildman–Crippen MR) is 120 cm³/mol. The summed E-state index contributed by atoms with van der Waals surface area (Å²) in [6.07, 6.45) is 0. The molecule has 6 nitrogen and oxygen atoms in total. The van der Waals surface area contributed by atoms with Crippen molar-refractivity contribution in [3.63, 3.8) is 0 Å². The van der Waals surface area contributed by atoms with Crippen molar-refractivity contribution in [2.24, 2.45) is 0 Å². The number of carbonyl (C=O) groups is 2. The molecular formula is C23H20F2N2O4S. The summed E-state index contributed by atoms with van der Waals surface area (Å²) in [4.78, 5) is 25.5. The van der Waals surface area contributed by atoms with Crippen LogP contribution in [0.4, 0.5) is 20.2 Å². The van der Waals surface area contributed by atoms with Crippen LogP contribution in [-0.4, -0.2) is 31.8 Å². The van der Waals surface area contributed by atoms with E-state index in [-0.39, 0.29) is 22.9 Å². The normalized spacial score (nSPS) is 10.4. The third-order valence-electron chi connectivity index (χ3n) is 4.33. The fourth-order valence-corrected chi connectivity index (χ4v) is 3.67. The van der Waals surface area contributed by atoms with Gasteiger partial charge in [0.15, 0.2) is 11.5 Å². The first-order valence-electron chi connectivity index (χ1n) is 9.41. The molecule has 0 heterocycles. The zero-order chi connectivity index (χ0) is 23.1. The fourth-order valence-electron chi connectivity index (χ4n) is 2.82. The minimum Gasteiger partial charge on any atom is -0.493 e. The summed E-state index contributed by atoms with van der Waals surface area (Å²) < 4.78 is 37.6. The molecule has 2 amide bonds. The van der Waals surface area contributed by atoms with Crippen molar-refractivity contribution in [1.82, 2.24) is 0 Å². The van der Waals surface area contributed by atoms with Crippen molar-refractivity contribution in [1.29, 1.82) is 0 Å². The molecule has 0 saturated heterocycles. The average Bonchev–Trinajstić information content (AvgIpc) is 2.80. The molecule has 2 N–H and O–H groups in total. The van der Waals surface area contributed by atoms with Gasteiger partial charge in [0.05, 0.1) is 31.2 Å². The second-order valence-electron chi connectivity index (χ2n) is 6.48. The molecule has 9 heteroatoms. The number of carbonyl (C=O) groups excluding carboxylic acids is 2.